The molecule has 0 spiro atoms. The summed E-state index contributed by atoms with van der Waals surface area (Å²) in [6.07, 6.45) is 9.01. The Morgan fingerprint density at radius 3 is 2.53 bits per heavy atom. The topological polar surface area (TPSA) is 55.1 Å². The highest BCUT2D eigenvalue weighted by molar-refractivity contribution is 5.79. The number of carbonyl (C=O) groups is 1. The van der Waals surface area contributed by atoms with Gasteiger partial charge in [0.2, 0.25) is 5.91 Å². The Balaban J connectivity index is 2.31. The van der Waals surface area contributed by atoms with Gasteiger partial charge >= 0.3 is 0 Å². The molecule has 0 saturated heterocycles. The Kier molecular flexibility index (Phi) is 7.44. The molecule has 3 nitrogen and oxygen atoms in total. The Morgan fingerprint density at radius 1 is 1.16 bits per heavy atom. The van der Waals surface area contributed by atoms with Crippen molar-refractivity contribution in [2.75, 3.05) is 0 Å². The molecule has 1 aliphatic carbocycles. The third kappa shape index (κ3) is 6.42. The lowest BCUT2D eigenvalue weighted by Gasteiger charge is -2.23. The first-order chi connectivity index (χ1) is 9.00. The van der Waals surface area contributed by atoms with Crippen LogP contribution in [0.25, 0.3) is 0 Å². The normalized spacial score (nSPS) is 25.9. The maximum atomic E-state index is 12.3. The van der Waals surface area contributed by atoms with Gasteiger partial charge in [-0.25, -0.2) is 0 Å². The van der Waals surface area contributed by atoms with Gasteiger partial charge in [-0.15, -0.1) is 0 Å². The minimum Gasteiger partial charge on any atom is -0.353 e. The summed E-state index contributed by atoms with van der Waals surface area (Å²) < 4.78 is 0. The molecule has 0 radical (unpaired) electrons. The van der Waals surface area contributed by atoms with E-state index in [1.165, 1.54) is 25.7 Å². The highest BCUT2D eigenvalue weighted by Gasteiger charge is 2.27. The number of nitrogens with two attached hydrogens (primary N) is 1. The molecular formula is C16H32N2O. The maximum absolute atomic E-state index is 12.3. The van der Waals surface area contributed by atoms with Gasteiger partial charge in [-0.05, 0) is 32.1 Å². The number of rotatable bonds is 6. The predicted octanol–water partition coefficient (Wildman–Crippen LogP) is 3.23. The fourth-order valence-electron chi connectivity index (χ4n) is 2.92. The number of hydrogen-bond donors (Lipinski definition) is 2. The second-order valence-corrected chi connectivity index (χ2v) is 6.64. The summed E-state index contributed by atoms with van der Waals surface area (Å²) in [7, 11) is 0. The summed E-state index contributed by atoms with van der Waals surface area (Å²) in [4.78, 5) is 12.3. The molecule has 0 bridgehead atoms. The Bertz CT molecular complexity index is 265. The Labute approximate surface area is 118 Å². The van der Waals surface area contributed by atoms with Crippen molar-refractivity contribution < 1.29 is 4.79 Å². The lowest BCUT2D eigenvalue weighted by molar-refractivity contribution is -0.126. The van der Waals surface area contributed by atoms with Crippen molar-refractivity contribution in [2.45, 2.75) is 84.2 Å². The van der Waals surface area contributed by atoms with E-state index in [-0.39, 0.29) is 23.9 Å². The minimum absolute atomic E-state index is 0.0371. The molecule has 0 aliphatic heterocycles. The fraction of sp³-hybridized carbons (Fsp3) is 0.938. The molecule has 3 atom stereocenters. The first kappa shape index (κ1) is 16.5. The van der Waals surface area contributed by atoms with Gasteiger partial charge in [0.05, 0.1) is 5.92 Å². The van der Waals surface area contributed by atoms with Crippen molar-refractivity contribution in [1.82, 2.24) is 5.32 Å². The van der Waals surface area contributed by atoms with Crippen LogP contribution in [-0.4, -0.2) is 18.0 Å². The van der Waals surface area contributed by atoms with Crippen molar-refractivity contribution in [2.24, 2.45) is 17.6 Å². The SMILES string of the molecule is CC(C)CCCC(C)NC(=O)C1CCCCCC1N. The molecule has 0 aromatic rings. The summed E-state index contributed by atoms with van der Waals surface area (Å²) in [5.74, 6) is 0.972. The van der Waals surface area contributed by atoms with Gasteiger partial charge in [0.25, 0.3) is 0 Å². The molecular weight excluding hydrogens is 236 g/mol. The molecule has 19 heavy (non-hydrogen) atoms. The van der Waals surface area contributed by atoms with E-state index in [1.807, 2.05) is 0 Å². The Morgan fingerprint density at radius 2 is 1.84 bits per heavy atom. The smallest absolute Gasteiger partial charge is 0.224 e. The summed E-state index contributed by atoms with van der Waals surface area (Å²) >= 11 is 0. The maximum Gasteiger partial charge on any atom is 0.224 e. The molecule has 3 unspecified atom stereocenters. The van der Waals surface area contributed by atoms with Crippen LogP contribution >= 0.6 is 0 Å². The predicted molar refractivity (Wildman–Crippen MR) is 80.8 cm³/mol. The van der Waals surface area contributed by atoms with Gasteiger partial charge in [-0.1, -0.05) is 46.0 Å². The lowest BCUT2D eigenvalue weighted by Crippen LogP contribution is -2.44. The zero-order valence-corrected chi connectivity index (χ0v) is 13.0. The number of amides is 1. The fourth-order valence-corrected chi connectivity index (χ4v) is 2.92. The number of carbonyl (C=O) groups excluding carboxylic acids is 1. The van der Waals surface area contributed by atoms with Crippen LogP contribution in [0.4, 0.5) is 0 Å². The van der Waals surface area contributed by atoms with Crippen LogP contribution in [0.3, 0.4) is 0 Å². The van der Waals surface area contributed by atoms with Crippen LogP contribution in [0.2, 0.25) is 0 Å². The molecule has 1 aliphatic rings. The molecule has 3 N–H and O–H groups in total. The van der Waals surface area contributed by atoms with Crippen LogP contribution in [0.1, 0.15) is 72.1 Å². The van der Waals surface area contributed by atoms with Crippen molar-refractivity contribution in [3.8, 4) is 0 Å². The summed E-state index contributed by atoms with van der Waals surface area (Å²) in [6, 6.07) is 0.340. The molecule has 1 fully saturated rings. The summed E-state index contributed by atoms with van der Waals surface area (Å²) in [5.41, 5.74) is 6.13. The molecule has 0 aromatic heterocycles. The first-order valence-corrected chi connectivity index (χ1v) is 8.06. The average molecular weight is 268 g/mol. The van der Waals surface area contributed by atoms with E-state index in [1.54, 1.807) is 0 Å². The van der Waals surface area contributed by atoms with Crippen LogP contribution in [0, 0.1) is 11.8 Å². The van der Waals surface area contributed by atoms with Gasteiger partial charge in [-0.3, -0.25) is 4.79 Å². The van der Waals surface area contributed by atoms with E-state index < -0.39 is 0 Å². The molecule has 1 rings (SSSR count). The molecule has 1 saturated carbocycles. The summed E-state index contributed by atoms with van der Waals surface area (Å²) in [5, 5.41) is 3.16. The van der Waals surface area contributed by atoms with E-state index in [9.17, 15) is 4.79 Å². The highest BCUT2D eigenvalue weighted by Crippen LogP contribution is 2.22. The number of nitrogens with one attached hydrogen (secondary N) is 1. The zero-order valence-electron chi connectivity index (χ0n) is 13.0. The Hall–Kier alpha value is -0.570. The molecule has 112 valence electrons. The standard InChI is InChI=1S/C16H32N2O/c1-12(2)8-7-9-13(3)18-16(19)14-10-5-4-6-11-15(14)17/h12-15H,4-11,17H2,1-3H3,(H,18,19). The van der Waals surface area contributed by atoms with Crippen molar-refractivity contribution >= 4 is 5.91 Å². The van der Waals surface area contributed by atoms with Crippen LogP contribution < -0.4 is 11.1 Å². The molecule has 3 heteroatoms. The molecule has 0 aromatic carbocycles. The van der Waals surface area contributed by atoms with Crippen LogP contribution in [-0.2, 0) is 4.79 Å². The van der Waals surface area contributed by atoms with E-state index >= 15 is 0 Å². The van der Waals surface area contributed by atoms with Gasteiger partial charge < -0.3 is 11.1 Å². The van der Waals surface area contributed by atoms with E-state index in [0.717, 1.165) is 31.6 Å². The van der Waals surface area contributed by atoms with E-state index in [4.69, 9.17) is 5.73 Å². The van der Waals surface area contributed by atoms with Crippen molar-refractivity contribution in [3.63, 3.8) is 0 Å². The monoisotopic (exact) mass is 268 g/mol. The second-order valence-electron chi connectivity index (χ2n) is 6.64. The van der Waals surface area contributed by atoms with Crippen LogP contribution in [0.15, 0.2) is 0 Å². The van der Waals surface area contributed by atoms with Crippen molar-refractivity contribution in [1.29, 1.82) is 0 Å². The van der Waals surface area contributed by atoms with Gasteiger partial charge in [0.1, 0.15) is 0 Å². The second kappa shape index (κ2) is 8.57. The largest absolute Gasteiger partial charge is 0.353 e. The third-order valence-corrected chi connectivity index (χ3v) is 4.21. The lowest BCUT2D eigenvalue weighted by atomic mass is 9.94. The quantitative estimate of drug-likeness (QED) is 0.727. The average Bonchev–Trinajstić information content (AvgIpc) is 2.53. The first-order valence-electron chi connectivity index (χ1n) is 8.06. The minimum atomic E-state index is 0.0371. The van der Waals surface area contributed by atoms with Gasteiger partial charge in [-0.2, -0.15) is 0 Å². The van der Waals surface area contributed by atoms with E-state index in [0.29, 0.717) is 0 Å². The van der Waals surface area contributed by atoms with Gasteiger partial charge in [0, 0.05) is 12.1 Å². The summed E-state index contributed by atoms with van der Waals surface area (Å²) in [6.45, 7) is 6.60. The third-order valence-electron chi connectivity index (χ3n) is 4.21. The van der Waals surface area contributed by atoms with Gasteiger partial charge in [0.15, 0.2) is 0 Å². The van der Waals surface area contributed by atoms with Crippen molar-refractivity contribution in [3.05, 3.63) is 0 Å². The number of hydrogen-bond acceptors (Lipinski definition) is 2. The van der Waals surface area contributed by atoms with Crippen LogP contribution in [0.5, 0.6) is 0 Å². The highest BCUT2D eigenvalue weighted by atomic mass is 16.2. The molecule has 1 amide bonds. The zero-order chi connectivity index (χ0) is 14.3. The molecule has 0 heterocycles. The van der Waals surface area contributed by atoms with E-state index in [2.05, 4.69) is 26.1 Å².